The van der Waals surface area contributed by atoms with Crippen molar-refractivity contribution in [3.05, 3.63) is 11.9 Å². The third-order valence-electron chi connectivity index (χ3n) is 2.82. The molecule has 7 heteroatoms. The molecule has 0 saturated heterocycles. The molecule has 1 amide bonds. The van der Waals surface area contributed by atoms with Gasteiger partial charge in [0.2, 0.25) is 5.91 Å². The summed E-state index contributed by atoms with van der Waals surface area (Å²) in [7, 11) is 6.88. The molecule has 0 aliphatic heterocycles. The highest BCUT2D eigenvalue weighted by molar-refractivity contribution is 5.80. The van der Waals surface area contributed by atoms with E-state index in [0.717, 1.165) is 0 Å². The minimum atomic E-state index is 0.0322. The van der Waals surface area contributed by atoms with E-state index in [0.29, 0.717) is 30.6 Å². The van der Waals surface area contributed by atoms with Crippen molar-refractivity contribution < 1.29 is 9.53 Å². The Morgan fingerprint density at radius 3 is 2.60 bits per heavy atom. The van der Waals surface area contributed by atoms with Crippen molar-refractivity contribution in [2.24, 2.45) is 0 Å². The SMILES string of the molecule is CCN(CC(=O)N(C)C)c1cc(NC)nc(COC)n1. The highest BCUT2D eigenvalue weighted by Crippen LogP contribution is 2.16. The lowest BCUT2D eigenvalue weighted by Gasteiger charge is -2.24. The molecule has 0 atom stereocenters. The summed E-state index contributed by atoms with van der Waals surface area (Å²) in [5, 5.41) is 2.99. The van der Waals surface area contributed by atoms with Gasteiger partial charge in [-0.05, 0) is 6.92 Å². The van der Waals surface area contributed by atoms with Gasteiger partial charge in [-0.25, -0.2) is 9.97 Å². The van der Waals surface area contributed by atoms with Gasteiger partial charge in [0.1, 0.15) is 18.2 Å². The first-order valence-corrected chi connectivity index (χ1v) is 6.51. The molecule has 0 unspecified atom stereocenters. The average molecular weight is 281 g/mol. The van der Waals surface area contributed by atoms with E-state index in [-0.39, 0.29) is 12.5 Å². The number of likely N-dealkylation sites (N-methyl/N-ethyl adjacent to an activating group) is 2. The molecule has 0 aliphatic carbocycles. The third kappa shape index (κ3) is 4.34. The quantitative estimate of drug-likeness (QED) is 0.788. The number of carbonyl (C=O) groups is 1. The van der Waals surface area contributed by atoms with Crippen LogP contribution >= 0.6 is 0 Å². The summed E-state index contributed by atoms with van der Waals surface area (Å²) in [6.07, 6.45) is 0. The molecular formula is C13H23N5O2. The molecule has 1 aromatic rings. The van der Waals surface area contributed by atoms with Crippen molar-refractivity contribution in [3.8, 4) is 0 Å². The summed E-state index contributed by atoms with van der Waals surface area (Å²) in [6, 6.07) is 1.82. The predicted octanol–water partition coefficient (Wildman–Crippen LogP) is 0.579. The minimum Gasteiger partial charge on any atom is -0.377 e. The van der Waals surface area contributed by atoms with Crippen molar-refractivity contribution in [3.63, 3.8) is 0 Å². The Labute approximate surface area is 119 Å². The molecule has 0 aromatic carbocycles. The molecule has 1 heterocycles. The lowest BCUT2D eigenvalue weighted by Crippen LogP contribution is -2.37. The van der Waals surface area contributed by atoms with Crippen LogP contribution < -0.4 is 10.2 Å². The number of methoxy groups -OCH3 is 1. The Balaban J connectivity index is 3.01. The first kappa shape index (κ1) is 16.2. The number of amides is 1. The van der Waals surface area contributed by atoms with Crippen LogP contribution in [0.5, 0.6) is 0 Å². The van der Waals surface area contributed by atoms with Gasteiger partial charge in [0.05, 0.1) is 6.54 Å². The maximum atomic E-state index is 11.9. The van der Waals surface area contributed by atoms with Gasteiger partial charge >= 0.3 is 0 Å². The minimum absolute atomic E-state index is 0.0322. The zero-order valence-electron chi connectivity index (χ0n) is 12.8. The van der Waals surface area contributed by atoms with Gasteiger partial charge in [0, 0.05) is 40.9 Å². The smallest absolute Gasteiger partial charge is 0.241 e. The third-order valence-corrected chi connectivity index (χ3v) is 2.82. The van der Waals surface area contributed by atoms with Crippen LogP contribution in [-0.4, -0.2) is 62.1 Å². The molecule has 20 heavy (non-hydrogen) atoms. The van der Waals surface area contributed by atoms with Crippen LogP contribution in [0.2, 0.25) is 0 Å². The van der Waals surface area contributed by atoms with Gasteiger partial charge in [-0.15, -0.1) is 0 Å². The van der Waals surface area contributed by atoms with Crippen molar-refractivity contribution >= 4 is 17.5 Å². The van der Waals surface area contributed by atoms with Gasteiger partial charge in [0.25, 0.3) is 0 Å². The van der Waals surface area contributed by atoms with Crippen molar-refractivity contribution in [1.82, 2.24) is 14.9 Å². The zero-order chi connectivity index (χ0) is 15.1. The van der Waals surface area contributed by atoms with E-state index in [1.165, 1.54) is 0 Å². The molecule has 0 spiro atoms. The van der Waals surface area contributed by atoms with E-state index in [2.05, 4.69) is 15.3 Å². The summed E-state index contributed by atoms with van der Waals surface area (Å²) in [5.74, 6) is 2.04. The summed E-state index contributed by atoms with van der Waals surface area (Å²) in [4.78, 5) is 24.1. The second-order valence-corrected chi connectivity index (χ2v) is 4.51. The van der Waals surface area contributed by atoms with Gasteiger partial charge in [-0.1, -0.05) is 0 Å². The largest absolute Gasteiger partial charge is 0.377 e. The monoisotopic (exact) mass is 281 g/mol. The maximum absolute atomic E-state index is 11.9. The van der Waals surface area contributed by atoms with Crippen molar-refractivity contribution in [1.29, 1.82) is 0 Å². The normalized spacial score (nSPS) is 10.2. The molecule has 0 saturated carbocycles. The number of nitrogens with zero attached hydrogens (tertiary/aromatic N) is 4. The molecule has 0 aliphatic rings. The van der Waals surface area contributed by atoms with E-state index < -0.39 is 0 Å². The standard InChI is InChI=1S/C13H23N5O2/c1-6-18(8-13(19)17(3)4)12-7-10(14-2)15-11(16-12)9-20-5/h7H,6,8-9H2,1-5H3,(H,14,15,16). The molecular weight excluding hydrogens is 258 g/mol. The van der Waals surface area contributed by atoms with Gasteiger partial charge in [-0.3, -0.25) is 4.79 Å². The van der Waals surface area contributed by atoms with E-state index >= 15 is 0 Å². The Morgan fingerprint density at radius 1 is 1.40 bits per heavy atom. The second-order valence-electron chi connectivity index (χ2n) is 4.51. The molecule has 1 aromatic heterocycles. The first-order chi connectivity index (χ1) is 9.51. The Kier molecular flexibility index (Phi) is 6.17. The lowest BCUT2D eigenvalue weighted by molar-refractivity contribution is -0.127. The van der Waals surface area contributed by atoms with E-state index in [1.807, 2.05) is 17.9 Å². The second kappa shape index (κ2) is 7.64. The van der Waals surface area contributed by atoms with E-state index in [9.17, 15) is 4.79 Å². The Morgan fingerprint density at radius 2 is 2.10 bits per heavy atom. The molecule has 0 fully saturated rings. The molecule has 1 rings (SSSR count). The Hall–Kier alpha value is -1.89. The van der Waals surface area contributed by atoms with E-state index in [4.69, 9.17) is 4.74 Å². The number of hydrogen-bond acceptors (Lipinski definition) is 6. The number of rotatable bonds is 7. The fourth-order valence-corrected chi connectivity index (χ4v) is 1.63. The highest BCUT2D eigenvalue weighted by atomic mass is 16.5. The Bertz CT molecular complexity index is 450. The van der Waals surface area contributed by atoms with Crippen LogP contribution in [0.15, 0.2) is 6.07 Å². The topological polar surface area (TPSA) is 70.6 Å². The summed E-state index contributed by atoms with van der Waals surface area (Å²) in [6.45, 7) is 3.30. The van der Waals surface area contributed by atoms with Crippen molar-refractivity contribution in [2.45, 2.75) is 13.5 Å². The predicted molar refractivity (Wildman–Crippen MR) is 78.9 cm³/mol. The molecule has 112 valence electrons. The number of hydrogen-bond donors (Lipinski definition) is 1. The number of nitrogens with one attached hydrogen (secondary N) is 1. The van der Waals surface area contributed by atoms with Gasteiger partial charge in [-0.2, -0.15) is 0 Å². The lowest BCUT2D eigenvalue weighted by atomic mass is 10.4. The molecule has 0 radical (unpaired) electrons. The van der Waals surface area contributed by atoms with Gasteiger partial charge in [0.15, 0.2) is 5.82 Å². The number of aromatic nitrogens is 2. The van der Waals surface area contributed by atoms with Crippen LogP contribution in [0, 0.1) is 0 Å². The summed E-state index contributed by atoms with van der Waals surface area (Å²) >= 11 is 0. The number of carbonyl (C=O) groups excluding carboxylic acids is 1. The number of ether oxygens (including phenoxy) is 1. The summed E-state index contributed by atoms with van der Waals surface area (Å²) in [5.41, 5.74) is 0. The van der Waals surface area contributed by atoms with Crippen molar-refractivity contribution in [2.75, 3.05) is 51.6 Å². The highest BCUT2D eigenvalue weighted by Gasteiger charge is 2.14. The van der Waals surface area contributed by atoms with Crippen LogP contribution in [0.3, 0.4) is 0 Å². The molecule has 1 N–H and O–H groups in total. The fraction of sp³-hybridized carbons (Fsp3) is 0.615. The summed E-state index contributed by atoms with van der Waals surface area (Å²) < 4.78 is 5.07. The molecule has 7 nitrogen and oxygen atoms in total. The van der Waals surface area contributed by atoms with Crippen LogP contribution in [-0.2, 0) is 16.1 Å². The zero-order valence-corrected chi connectivity index (χ0v) is 12.8. The van der Waals surface area contributed by atoms with Crippen LogP contribution in [0.4, 0.5) is 11.6 Å². The van der Waals surface area contributed by atoms with E-state index in [1.54, 1.807) is 33.2 Å². The molecule has 0 bridgehead atoms. The first-order valence-electron chi connectivity index (χ1n) is 6.51. The fourth-order valence-electron chi connectivity index (χ4n) is 1.63. The van der Waals surface area contributed by atoms with Crippen LogP contribution in [0.25, 0.3) is 0 Å². The average Bonchev–Trinajstić information content (AvgIpc) is 2.44. The van der Waals surface area contributed by atoms with Crippen LogP contribution in [0.1, 0.15) is 12.7 Å². The number of anilines is 2. The maximum Gasteiger partial charge on any atom is 0.241 e. The van der Waals surface area contributed by atoms with Gasteiger partial charge < -0.3 is 19.9 Å².